The van der Waals surface area contributed by atoms with Crippen LogP contribution < -0.4 is 4.90 Å². The molecule has 2 N–H and O–H groups in total. The van der Waals surface area contributed by atoms with E-state index < -0.39 is 13.9 Å². The number of aliphatic hydroxyl groups is 1. The summed E-state index contributed by atoms with van der Waals surface area (Å²) in [6.45, 7) is 13.3. The van der Waals surface area contributed by atoms with Gasteiger partial charge in [0.25, 0.3) is 5.91 Å². The number of aryl methyl sites for hydroxylation is 1. The third-order valence-electron chi connectivity index (χ3n) is 8.26. The molecule has 1 aromatic heterocycles. The molecule has 0 unspecified atom stereocenters. The van der Waals surface area contributed by atoms with Crippen molar-refractivity contribution >= 4 is 35.8 Å². The second kappa shape index (κ2) is 12.4. The van der Waals surface area contributed by atoms with Crippen LogP contribution in [0.5, 0.6) is 0 Å². The predicted molar refractivity (Wildman–Crippen MR) is 164 cm³/mol. The first-order valence-corrected chi connectivity index (χ1v) is 18.0. The Labute approximate surface area is 247 Å². The standard InChI is InChI=1S/C30H43BrN4O4Si/c1-20(2)8-7-9-21(3)12-16-35-26-11-10-23(31)18-25(26)30(29(35)37)22(4)28(40(5,6)38)27(39-30)13-15-34-19-24(14-17-36)32-33-34/h8,10-12,18-19,22,27-28,36,38H,7,9,13-17H2,1-6H3/b21-12+/t22-,27+,28-,30+/m1/s1. The number of aliphatic hydroxyl groups excluding tert-OH is 1. The quantitative estimate of drug-likeness (QED) is 0.251. The average Bonchev–Trinajstić information content (AvgIpc) is 3.51. The normalized spacial score (nSPS) is 24.7. The summed E-state index contributed by atoms with van der Waals surface area (Å²) in [5.74, 6) is -0.267. The van der Waals surface area contributed by atoms with Crippen LogP contribution in [-0.2, 0) is 28.1 Å². The van der Waals surface area contributed by atoms with Gasteiger partial charge < -0.3 is 19.5 Å². The smallest absolute Gasteiger partial charge is 0.264 e. The Balaban J connectivity index is 1.64. The Morgan fingerprint density at radius 2 is 2.00 bits per heavy atom. The first kappa shape index (κ1) is 30.8. The van der Waals surface area contributed by atoms with E-state index in [2.05, 4.69) is 66.1 Å². The van der Waals surface area contributed by atoms with Crippen LogP contribution in [0.25, 0.3) is 0 Å². The van der Waals surface area contributed by atoms with Crippen molar-refractivity contribution in [2.24, 2.45) is 5.92 Å². The van der Waals surface area contributed by atoms with Gasteiger partial charge in [-0.2, -0.15) is 0 Å². The molecular weight excluding hydrogens is 588 g/mol. The van der Waals surface area contributed by atoms with E-state index in [1.54, 1.807) is 4.68 Å². The summed E-state index contributed by atoms with van der Waals surface area (Å²) >= 11 is 3.62. The molecule has 3 heterocycles. The zero-order valence-electron chi connectivity index (χ0n) is 24.5. The van der Waals surface area contributed by atoms with E-state index in [0.29, 0.717) is 25.9 Å². The maximum Gasteiger partial charge on any atom is 0.264 e. The maximum atomic E-state index is 14.4. The van der Waals surface area contributed by atoms with Crippen LogP contribution in [0, 0.1) is 5.92 Å². The molecule has 8 nitrogen and oxygen atoms in total. The van der Waals surface area contributed by atoms with Gasteiger partial charge >= 0.3 is 0 Å². The molecule has 0 bridgehead atoms. The highest BCUT2D eigenvalue weighted by Gasteiger charge is 2.66. The minimum absolute atomic E-state index is 0.0224. The molecule has 1 aromatic carbocycles. The molecule has 4 rings (SSSR count). The van der Waals surface area contributed by atoms with Crippen LogP contribution in [0.2, 0.25) is 18.6 Å². The molecule has 10 heteroatoms. The molecule has 2 aromatic rings. The second-order valence-electron chi connectivity index (χ2n) is 12.0. The van der Waals surface area contributed by atoms with Gasteiger partial charge in [0.1, 0.15) is 0 Å². The van der Waals surface area contributed by atoms with Gasteiger partial charge in [0.15, 0.2) is 13.9 Å². The Hall–Kier alpha value is -2.11. The topological polar surface area (TPSA) is 101 Å². The SMILES string of the molecule is CC(C)=CCC/C(C)=C/CN1C(=O)[C@@]2(O[C@@H](CCn3cc(CCO)nn3)[C@H]([Si](C)(C)O)[C@H]2C)c2cc(Br)ccc21. The number of carbonyl (C=O) groups is 1. The van der Waals surface area contributed by atoms with Gasteiger partial charge in [-0.15, -0.1) is 5.10 Å². The summed E-state index contributed by atoms with van der Waals surface area (Å²) in [7, 11) is -2.74. The van der Waals surface area contributed by atoms with Crippen LogP contribution in [-0.4, -0.2) is 58.4 Å². The number of carbonyl (C=O) groups excluding carboxylic acids is 1. The van der Waals surface area contributed by atoms with E-state index in [-0.39, 0.29) is 30.1 Å². The Morgan fingerprint density at radius 3 is 2.67 bits per heavy atom. The molecule has 2 aliphatic heterocycles. The number of nitrogens with zero attached hydrogens (tertiary/aromatic N) is 4. The number of amides is 1. The van der Waals surface area contributed by atoms with E-state index in [1.807, 2.05) is 42.4 Å². The van der Waals surface area contributed by atoms with Gasteiger partial charge in [-0.25, -0.2) is 0 Å². The highest BCUT2D eigenvalue weighted by atomic mass is 79.9. The number of anilines is 1. The minimum Gasteiger partial charge on any atom is -0.432 e. The van der Waals surface area contributed by atoms with Crippen molar-refractivity contribution in [3.05, 3.63) is 63.4 Å². The van der Waals surface area contributed by atoms with E-state index in [0.717, 1.165) is 34.3 Å². The van der Waals surface area contributed by atoms with Crippen molar-refractivity contribution in [1.82, 2.24) is 15.0 Å². The average molecular weight is 632 g/mol. The highest BCUT2D eigenvalue weighted by molar-refractivity contribution is 9.10. The van der Waals surface area contributed by atoms with Crippen molar-refractivity contribution < 1.29 is 19.4 Å². The molecule has 0 saturated carbocycles. The Morgan fingerprint density at radius 1 is 1.25 bits per heavy atom. The molecule has 1 spiro atoms. The Bertz CT molecular complexity index is 1280. The van der Waals surface area contributed by atoms with Crippen LogP contribution in [0.15, 0.2) is 52.2 Å². The molecule has 0 aliphatic carbocycles. The molecule has 40 heavy (non-hydrogen) atoms. The summed E-state index contributed by atoms with van der Waals surface area (Å²) in [6, 6.07) is 5.98. The van der Waals surface area contributed by atoms with Crippen molar-refractivity contribution in [2.75, 3.05) is 18.1 Å². The van der Waals surface area contributed by atoms with Crippen molar-refractivity contribution in [3.8, 4) is 0 Å². The van der Waals surface area contributed by atoms with Crippen molar-refractivity contribution in [3.63, 3.8) is 0 Å². The van der Waals surface area contributed by atoms with E-state index in [4.69, 9.17) is 4.74 Å². The Kier molecular flexibility index (Phi) is 9.56. The lowest BCUT2D eigenvalue weighted by Gasteiger charge is -2.32. The molecule has 0 radical (unpaired) electrons. The number of ether oxygens (including phenoxy) is 1. The summed E-state index contributed by atoms with van der Waals surface area (Å²) in [6.07, 6.45) is 8.89. The fourth-order valence-electron chi connectivity index (χ4n) is 6.37. The third kappa shape index (κ3) is 6.21. The minimum atomic E-state index is -2.74. The van der Waals surface area contributed by atoms with Crippen LogP contribution in [0.3, 0.4) is 0 Å². The van der Waals surface area contributed by atoms with Gasteiger partial charge in [-0.3, -0.25) is 9.48 Å². The summed E-state index contributed by atoms with van der Waals surface area (Å²) < 4.78 is 9.54. The zero-order valence-corrected chi connectivity index (χ0v) is 27.1. The number of allylic oxidation sites excluding steroid dienone is 3. The number of halogens is 1. The highest BCUT2D eigenvalue weighted by Crippen LogP contribution is 2.59. The number of aromatic nitrogens is 3. The number of rotatable bonds is 11. The summed E-state index contributed by atoms with van der Waals surface area (Å²) in [5.41, 5.74) is 3.73. The van der Waals surface area contributed by atoms with Crippen LogP contribution in [0.1, 0.15) is 58.2 Å². The lowest BCUT2D eigenvalue weighted by molar-refractivity contribution is -0.145. The number of benzene rings is 1. The lowest BCUT2D eigenvalue weighted by Crippen LogP contribution is -2.46. The first-order chi connectivity index (χ1) is 18.9. The van der Waals surface area contributed by atoms with E-state index >= 15 is 0 Å². The fraction of sp³-hybridized carbons (Fsp3) is 0.567. The van der Waals surface area contributed by atoms with Gasteiger partial charge in [0, 0.05) is 53.8 Å². The largest absolute Gasteiger partial charge is 0.432 e. The van der Waals surface area contributed by atoms with Gasteiger partial charge in [0.2, 0.25) is 0 Å². The predicted octanol–water partition coefficient (Wildman–Crippen LogP) is 5.50. The van der Waals surface area contributed by atoms with Gasteiger partial charge in [-0.05, 0) is 71.3 Å². The lowest BCUT2D eigenvalue weighted by atomic mass is 9.82. The molecule has 218 valence electrons. The monoisotopic (exact) mass is 630 g/mol. The van der Waals surface area contributed by atoms with Crippen molar-refractivity contribution in [2.45, 2.75) is 90.3 Å². The number of hydrogen-bond donors (Lipinski definition) is 2. The third-order valence-corrected chi connectivity index (χ3v) is 11.3. The van der Waals surface area contributed by atoms with Crippen molar-refractivity contribution in [1.29, 1.82) is 0 Å². The molecule has 2 aliphatic rings. The van der Waals surface area contributed by atoms with Gasteiger partial charge in [-0.1, -0.05) is 51.4 Å². The summed E-state index contributed by atoms with van der Waals surface area (Å²) in [4.78, 5) is 27.7. The number of fused-ring (bicyclic) bond motifs is 2. The molecule has 1 amide bonds. The summed E-state index contributed by atoms with van der Waals surface area (Å²) in [5, 5.41) is 17.5. The molecule has 1 fully saturated rings. The van der Waals surface area contributed by atoms with Gasteiger partial charge in [0.05, 0.1) is 17.5 Å². The molecule has 4 atom stereocenters. The van der Waals surface area contributed by atoms with E-state index in [9.17, 15) is 14.7 Å². The molecule has 1 saturated heterocycles. The second-order valence-corrected chi connectivity index (χ2v) is 16.9. The first-order valence-electron chi connectivity index (χ1n) is 14.2. The van der Waals surface area contributed by atoms with E-state index in [1.165, 1.54) is 11.1 Å². The zero-order chi connectivity index (χ0) is 29.2. The van der Waals surface area contributed by atoms with Crippen LogP contribution >= 0.6 is 15.9 Å². The fourth-order valence-corrected chi connectivity index (χ4v) is 9.34. The molecular formula is C30H43BrN4O4Si. The maximum absolute atomic E-state index is 14.4. The number of hydrogen-bond acceptors (Lipinski definition) is 6. The van der Waals surface area contributed by atoms with Crippen LogP contribution in [0.4, 0.5) is 5.69 Å².